The summed E-state index contributed by atoms with van der Waals surface area (Å²) in [5.41, 5.74) is -1.72. The summed E-state index contributed by atoms with van der Waals surface area (Å²) in [6.07, 6.45) is -2.50. The molecule has 3 aromatic rings. The first-order chi connectivity index (χ1) is 18.1. The average Bonchev–Trinajstić information content (AvgIpc) is 2.87. The van der Waals surface area contributed by atoms with Crippen LogP contribution in [0.4, 0.5) is 18.0 Å². The number of aliphatic hydroxyl groups excluding tert-OH is 1. The summed E-state index contributed by atoms with van der Waals surface area (Å²) in [5, 5.41) is 15.0. The van der Waals surface area contributed by atoms with Crippen LogP contribution in [-0.2, 0) is 17.5 Å². The molecule has 0 radical (unpaired) electrons. The number of methoxy groups -OCH3 is 1. The number of aliphatic hydroxyl groups is 1. The molecule has 1 aliphatic rings. The second-order valence-electron chi connectivity index (χ2n) is 8.52. The molecule has 4 rings (SSSR count). The molecule has 0 bridgehead atoms. The SMILES string of the molecule is COc1ccc(Oc2ccc(CNC(=O)C3(NC(=O)Oc4cncnc4)CC(O)C3)cc2)c(C(F)(F)F)c1. The van der Waals surface area contributed by atoms with Crippen LogP contribution in [0.5, 0.6) is 23.0 Å². The zero-order chi connectivity index (χ0) is 27.3. The predicted octanol–water partition coefficient (Wildman–Crippen LogP) is 3.59. The number of aromatic nitrogens is 2. The van der Waals surface area contributed by atoms with Crippen molar-refractivity contribution < 1.29 is 42.1 Å². The van der Waals surface area contributed by atoms with Crippen LogP contribution in [0.3, 0.4) is 0 Å². The highest BCUT2D eigenvalue weighted by molar-refractivity contribution is 5.91. The summed E-state index contributed by atoms with van der Waals surface area (Å²) >= 11 is 0. The van der Waals surface area contributed by atoms with Crippen molar-refractivity contribution in [3.8, 4) is 23.0 Å². The minimum Gasteiger partial charge on any atom is -0.497 e. The van der Waals surface area contributed by atoms with Crippen LogP contribution < -0.4 is 24.8 Å². The normalized spacial score (nSPS) is 18.6. The van der Waals surface area contributed by atoms with Crippen LogP contribution in [0, 0.1) is 0 Å². The van der Waals surface area contributed by atoms with Gasteiger partial charge in [-0.05, 0) is 35.9 Å². The third-order valence-electron chi connectivity index (χ3n) is 5.79. The molecule has 0 unspecified atom stereocenters. The van der Waals surface area contributed by atoms with Gasteiger partial charge in [-0.3, -0.25) is 4.79 Å². The lowest BCUT2D eigenvalue weighted by atomic mass is 9.73. The number of carbonyl (C=O) groups excluding carboxylic acids is 2. The van der Waals surface area contributed by atoms with E-state index in [-0.39, 0.29) is 42.4 Å². The lowest BCUT2D eigenvalue weighted by Crippen LogP contribution is -2.67. The van der Waals surface area contributed by atoms with Crippen molar-refractivity contribution in [1.82, 2.24) is 20.6 Å². The highest BCUT2D eigenvalue weighted by Crippen LogP contribution is 2.40. The molecule has 200 valence electrons. The summed E-state index contributed by atoms with van der Waals surface area (Å²) in [6.45, 7) is 0.0521. The van der Waals surface area contributed by atoms with E-state index >= 15 is 0 Å². The number of carbonyl (C=O) groups is 2. The Morgan fingerprint density at radius 2 is 1.71 bits per heavy atom. The molecular weight excluding hydrogens is 509 g/mol. The molecule has 2 amide bonds. The quantitative estimate of drug-likeness (QED) is 0.401. The van der Waals surface area contributed by atoms with E-state index in [1.807, 2.05) is 0 Å². The Labute approximate surface area is 214 Å². The summed E-state index contributed by atoms with van der Waals surface area (Å²) < 4.78 is 55.6. The van der Waals surface area contributed by atoms with Crippen molar-refractivity contribution in [3.63, 3.8) is 0 Å². The molecule has 38 heavy (non-hydrogen) atoms. The van der Waals surface area contributed by atoms with Crippen molar-refractivity contribution in [2.24, 2.45) is 0 Å². The van der Waals surface area contributed by atoms with Gasteiger partial charge in [0, 0.05) is 19.4 Å². The van der Waals surface area contributed by atoms with E-state index in [9.17, 15) is 27.9 Å². The lowest BCUT2D eigenvalue weighted by Gasteiger charge is -2.43. The Hall–Kier alpha value is -4.39. The van der Waals surface area contributed by atoms with E-state index in [1.54, 1.807) is 12.1 Å². The van der Waals surface area contributed by atoms with Gasteiger partial charge < -0.3 is 30.0 Å². The van der Waals surface area contributed by atoms with Crippen molar-refractivity contribution >= 4 is 12.0 Å². The van der Waals surface area contributed by atoms with E-state index in [0.29, 0.717) is 5.56 Å². The number of rotatable bonds is 8. The molecule has 0 spiro atoms. The van der Waals surface area contributed by atoms with E-state index in [0.717, 1.165) is 6.07 Å². The monoisotopic (exact) mass is 532 g/mol. The Bertz CT molecular complexity index is 1280. The van der Waals surface area contributed by atoms with Gasteiger partial charge >= 0.3 is 12.3 Å². The van der Waals surface area contributed by atoms with E-state index < -0.39 is 35.4 Å². The Balaban J connectivity index is 1.36. The maximum atomic E-state index is 13.4. The number of benzene rings is 2. The Morgan fingerprint density at radius 3 is 2.32 bits per heavy atom. The van der Waals surface area contributed by atoms with E-state index in [4.69, 9.17) is 14.2 Å². The van der Waals surface area contributed by atoms with Gasteiger partial charge in [0.1, 0.15) is 34.7 Å². The van der Waals surface area contributed by atoms with Gasteiger partial charge in [0.2, 0.25) is 5.91 Å². The molecule has 1 aromatic heterocycles. The van der Waals surface area contributed by atoms with Gasteiger partial charge in [0.05, 0.1) is 25.6 Å². The maximum Gasteiger partial charge on any atom is 0.420 e. The number of hydrogen-bond acceptors (Lipinski definition) is 8. The molecule has 1 saturated carbocycles. The molecule has 2 aromatic carbocycles. The molecule has 1 aliphatic carbocycles. The number of ether oxygens (including phenoxy) is 3. The van der Waals surface area contributed by atoms with Crippen LogP contribution >= 0.6 is 0 Å². The minimum atomic E-state index is -4.64. The Kier molecular flexibility index (Phi) is 7.67. The second-order valence-corrected chi connectivity index (χ2v) is 8.52. The zero-order valence-electron chi connectivity index (χ0n) is 20.0. The van der Waals surface area contributed by atoms with Crippen molar-refractivity contribution in [3.05, 3.63) is 72.3 Å². The summed E-state index contributed by atoms with van der Waals surface area (Å²) in [4.78, 5) is 32.6. The average molecular weight is 532 g/mol. The molecule has 0 saturated heterocycles. The third-order valence-corrected chi connectivity index (χ3v) is 5.79. The number of amides is 2. The number of halogens is 3. The molecule has 0 atom stereocenters. The second kappa shape index (κ2) is 10.9. The first kappa shape index (κ1) is 26.7. The first-order valence-electron chi connectivity index (χ1n) is 11.3. The smallest absolute Gasteiger partial charge is 0.420 e. The fourth-order valence-corrected chi connectivity index (χ4v) is 3.86. The summed E-state index contributed by atoms with van der Waals surface area (Å²) in [5.74, 6) is -0.630. The van der Waals surface area contributed by atoms with Crippen molar-refractivity contribution in [2.75, 3.05) is 7.11 Å². The van der Waals surface area contributed by atoms with Crippen molar-refractivity contribution in [1.29, 1.82) is 0 Å². The van der Waals surface area contributed by atoms with Gasteiger partial charge in [-0.1, -0.05) is 12.1 Å². The Morgan fingerprint density at radius 1 is 1.05 bits per heavy atom. The number of alkyl halides is 3. The molecule has 1 fully saturated rings. The van der Waals surface area contributed by atoms with Gasteiger partial charge in [-0.2, -0.15) is 13.2 Å². The summed E-state index contributed by atoms with van der Waals surface area (Å²) in [7, 11) is 1.27. The topological polar surface area (TPSA) is 132 Å². The van der Waals surface area contributed by atoms with Crippen LogP contribution in [0.25, 0.3) is 0 Å². The maximum absolute atomic E-state index is 13.4. The molecule has 1 heterocycles. The van der Waals surface area contributed by atoms with E-state index in [1.165, 1.54) is 50.1 Å². The minimum absolute atomic E-state index is 0.00456. The molecular formula is C25H23F3N4O6. The largest absolute Gasteiger partial charge is 0.497 e. The van der Waals surface area contributed by atoms with Gasteiger partial charge in [0.25, 0.3) is 0 Å². The zero-order valence-corrected chi connectivity index (χ0v) is 20.0. The lowest BCUT2D eigenvalue weighted by molar-refractivity contribution is -0.138. The van der Waals surface area contributed by atoms with Crippen LogP contribution in [0.15, 0.2) is 61.2 Å². The molecule has 0 aliphatic heterocycles. The highest BCUT2D eigenvalue weighted by atomic mass is 19.4. The molecule has 3 N–H and O–H groups in total. The fourth-order valence-electron chi connectivity index (χ4n) is 3.86. The van der Waals surface area contributed by atoms with Crippen molar-refractivity contribution in [2.45, 2.75) is 37.2 Å². The first-order valence-corrected chi connectivity index (χ1v) is 11.3. The van der Waals surface area contributed by atoms with Crippen LogP contribution in [-0.4, -0.2) is 45.8 Å². The van der Waals surface area contributed by atoms with E-state index in [2.05, 4.69) is 20.6 Å². The standard InChI is InChI=1S/C25H23F3N4O6/c1-36-18-6-7-21(20(8-18)25(26,27)28)37-17-4-2-15(3-5-17)11-31-22(34)24(9-16(33)10-24)32-23(35)38-19-12-29-14-30-13-19/h2-8,12-14,16,33H,9-11H2,1H3,(H,31,34)(H,32,35). The molecule has 10 nitrogen and oxygen atoms in total. The third kappa shape index (κ3) is 6.29. The fraction of sp³-hybridized carbons (Fsp3) is 0.280. The predicted molar refractivity (Wildman–Crippen MR) is 126 cm³/mol. The molecule has 13 heteroatoms. The van der Waals surface area contributed by atoms with Crippen LogP contribution in [0.1, 0.15) is 24.0 Å². The highest BCUT2D eigenvalue weighted by Gasteiger charge is 2.51. The van der Waals surface area contributed by atoms with Gasteiger partial charge in [-0.25, -0.2) is 14.8 Å². The number of nitrogens with zero attached hydrogens (tertiary/aromatic N) is 2. The van der Waals surface area contributed by atoms with Gasteiger partial charge in [-0.15, -0.1) is 0 Å². The number of nitrogens with one attached hydrogen (secondary N) is 2. The number of hydrogen-bond donors (Lipinski definition) is 3. The van der Waals surface area contributed by atoms with Crippen LogP contribution in [0.2, 0.25) is 0 Å². The van der Waals surface area contributed by atoms with Gasteiger partial charge in [0.15, 0.2) is 5.75 Å². The summed E-state index contributed by atoms with van der Waals surface area (Å²) in [6, 6.07) is 9.46.